The molecule has 6 rings (SSSR count). The number of rotatable bonds is 7. The van der Waals surface area contributed by atoms with Gasteiger partial charge >= 0.3 is 6.09 Å². The molecule has 2 atom stereocenters. The van der Waals surface area contributed by atoms with E-state index in [0.29, 0.717) is 36.8 Å². The Labute approximate surface area is 245 Å². The molecule has 1 N–H and O–H groups in total. The number of hydrogen-bond donors (Lipinski definition) is 1. The van der Waals surface area contributed by atoms with E-state index in [1.54, 1.807) is 12.0 Å². The summed E-state index contributed by atoms with van der Waals surface area (Å²) >= 11 is 6.51. The lowest BCUT2D eigenvalue weighted by molar-refractivity contribution is 0.0321. The van der Waals surface area contributed by atoms with Crippen molar-refractivity contribution < 1.29 is 23.7 Å². The number of fused-ring (bicyclic) bond motifs is 3. The summed E-state index contributed by atoms with van der Waals surface area (Å²) in [6.07, 6.45) is 5.34. The number of amides is 1. The van der Waals surface area contributed by atoms with Gasteiger partial charge in [-0.15, -0.1) is 11.6 Å². The number of halogens is 1. The van der Waals surface area contributed by atoms with E-state index < -0.39 is 12.1 Å². The SMILES string of the molecule is COc1ccc(C2c3[nH]c4c(c3CCN2C(=O)Oc2ccc(C)cc2)=CC(Cl)CC=4)cc1OCCN1CCOCC1. The monoisotopic (exact) mass is 577 g/mol. The Hall–Kier alpha value is -3.46. The zero-order valence-corrected chi connectivity index (χ0v) is 24.3. The zero-order valence-electron chi connectivity index (χ0n) is 23.5. The molecule has 0 radical (unpaired) electrons. The molecule has 1 aliphatic carbocycles. The Balaban J connectivity index is 1.34. The molecule has 1 fully saturated rings. The van der Waals surface area contributed by atoms with Crippen molar-refractivity contribution in [3.8, 4) is 17.2 Å². The molecule has 2 unspecified atom stereocenters. The predicted octanol–water partition coefficient (Wildman–Crippen LogP) is 3.76. The van der Waals surface area contributed by atoms with Crippen LogP contribution in [0.25, 0.3) is 12.2 Å². The van der Waals surface area contributed by atoms with Gasteiger partial charge < -0.3 is 23.9 Å². The normalized spacial score (nSPS) is 20.3. The molecule has 1 aromatic heterocycles. The third-order valence-corrected chi connectivity index (χ3v) is 8.33. The second-order valence-electron chi connectivity index (χ2n) is 10.7. The van der Waals surface area contributed by atoms with Gasteiger partial charge in [-0.05, 0) is 55.2 Å². The largest absolute Gasteiger partial charge is 0.493 e. The maximum Gasteiger partial charge on any atom is 0.416 e. The number of methoxy groups -OCH3 is 1. The number of aryl methyl sites for hydroxylation is 1. The van der Waals surface area contributed by atoms with Gasteiger partial charge in [0.2, 0.25) is 0 Å². The van der Waals surface area contributed by atoms with Crippen molar-refractivity contribution in [2.24, 2.45) is 0 Å². The first-order valence-corrected chi connectivity index (χ1v) is 14.7. The van der Waals surface area contributed by atoms with Crippen LogP contribution in [0.5, 0.6) is 17.2 Å². The number of aromatic amines is 1. The third kappa shape index (κ3) is 5.96. The highest BCUT2D eigenvalue weighted by Gasteiger charge is 2.36. The quantitative estimate of drug-likeness (QED) is 0.431. The molecule has 216 valence electrons. The number of alkyl halides is 1. The van der Waals surface area contributed by atoms with Crippen molar-refractivity contribution in [2.45, 2.75) is 31.2 Å². The van der Waals surface area contributed by atoms with Crippen LogP contribution in [0, 0.1) is 6.92 Å². The van der Waals surface area contributed by atoms with Crippen LogP contribution in [0.2, 0.25) is 0 Å². The first-order valence-electron chi connectivity index (χ1n) is 14.2. The summed E-state index contributed by atoms with van der Waals surface area (Å²) in [5.74, 6) is 1.81. The molecule has 9 heteroatoms. The number of nitrogens with zero attached hydrogens (tertiary/aromatic N) is 2. The predicted molar refractivity (Wildman–Crippen MR) is 158 cm³/mol. The minimum atomic E-state index is -0.398. The topological polar surface area (TPSA) is 76.3 Å². The molecule has 2 aromatic carbocycles. The van der Waals surface area contributed by atoms with Crippen LogP contribution >= 0.6 is 11.6 Å². The van der Waals surface area contributed by atoms with Crippen LogP contribution in [-0.4, -0.2) is 79.4 Å². The molecule has 3 aromatic rings. The number of carbonyl (C=O) groups is 1. The molecule has 0 spiro atoms. The van der Waals surface area contributed by atoms with Crippen molar-refractivity contribution in [3.05, 3.63) is 75.4 Å². The van der Waals surface area contributed by atoms with Crippen LogP contribution < -0.4 is 24.8 Å². The van der Waals surface area contributed by atoms with E-state index in [1.165, 1.54) is 5.56 Å². The first kappa shape index (κ1) is 27.7. The van der Waals surface area contributed by atoms with Crippen LogP contribution in [0.3, 0.4) is 0 Å². The van der Waals surface area contributed by atoms with Crippen LogP contribution in [0.1, 0.15) is 34.8 Å². The van der Waals surface area contributed by atoms with E-state index in [9.17, 15) is 4.79 Å². The first-order chi connectivity index (χ1) is 20.0. The molecule has 0 bridgehead atoms. The summed E-state index contributed by atoms with van der Waals surface area (Å²) < 4.78 is 23.2. The van der Waals surface area contributed by atoms with Crippen molar-refractivity contribution in [2.75, 3.05) is 53.1 Å². The van der Waals surface area contributed by atoms with Crippen LogP contribution in [0.4, 0.5) is 4.79 Å². The minimum absolute atomic E-state index is 0.0437. The number of ether oxygens (including phenoxy) is 4. The smallest absolute Gasteiger partial charge is 0.416 e. The summed E-state index contributed by atoms with van der Waals surface area (Å²) in [7, 11) is 1.64. The van der Waals surface area contributed by atoms with E-state index in [4.69, 9.17) is 30.5 Å². The number of carbonyl (C=O) groups excluding carboxylic acids is 1. The lowest BCUT2D eigenvalue weighted by Crippen LogP contribution is -2.43. The van der Waals surface area contributed by atoms with E-state index in [1.807, 2.05) is 49.4 Å². The summed E-state index contributed by atoms with van der Waals surface area (Å²) in [6, 6.07) is 13.0. The molecule has 3 heterocycles. The van der Waals surface area contributed by atoms with Gasteiger partial charge in [-0.3, -0.25) is 9.80 Å². The van der Waals surface area contributed by atoms with Crippen molar-refractivity contribution >= 4 is 29.8 Å². The second kappa shape index (κ2) is 12.2. The molecular weight excluding hydrogens is 542 g/mol. The van der Waals surface area contributed by atoms with Crippen LogP contribution in [-0.2, 0) is 11.2 Å². The molecule has 41 heavy (non-hydrogen) atoms. The highest BCUT2D eigenvalue weighted by Crippen LogP contribution is 2.38. The third-order valence-electron chi connectivity index (χ3n) is 8.03. The van der Waals surface area contributed by atoms with Gasteiger partial charge in [0, 0.05) is 42.4 Å². The van der Waals surface area contributed by atoms with E-state index in [0.717, 1.165) is 66.7 Å². The molecule has 8 nitrogen and oxygen atoms in total. The Kier molecular flexibility index (Phi) is 8.23. The summed E-state index contributed by atoms with van der Waals surface area (Å²) in [4.78, 5) is 21.4. The van der Waals surface area contributed by atoms with E-state index >= 15 is 0 Å². The fourth-order valence-electron chi connectivity index (χ4n) is 5.84. The lowest BCUT2D eigenvalue weighted by Gasteiger charge is -2.35. The molecule has 3 aliphatic rings. The number of nitrogens with one attached hydrogen (secondary N) is 1. The van der Waals surface area contributed by atoms with E-state index in [-0.39, 0.29) is 5.38 Å². The average Bonchev–Trinajstić information content (AvgIpc) is 3.36. The molecule has 0 saturated carbocycles. The molecule has 2 aliphatic heterocycles. The van der Waals surface area contributed by atoms with Crippen molar-refractivity contribution in [1.29, 1.82) is 0 Å². The van der Waals surface area contributed by atoms with Gasteiger partial charge in [0.25, 0.3) is 0 Å². The number of hydrogen-bond acceptors (Lipinski definition) is 6. The van der Waals surface area contributed by atoms with Gasteiger partial charge in [0.1, 0.15) is 18.4 Å². The van der Waals surface area contributed by atoms with Gasteiger partial charge in [-0.1, -0.05) is 35.9 Å². The fourth-order valence-corrected chi connectivity index (χ4v) is 6.06. The van der Waals surface area contributed by atoms with Crippen molar-refractivity contribution in [1.82, 2.24) is 14.8 Å². The standard InChI is InChI=1S/C32H36ClN3O5/c1-21-3-7-24(8-4-21)41-32(37)36-12-11-25-26-20-23(33)6-9-27(26)34-30(25)31(36)22-5-10-28(38-2)29(19-22)40-18-15-35-13-16-39-17-14-35/h3-5,7-10,19-20,23,31,34H,6,11-18H2,1-2H3. The Morgan fingerprint density at radius 2 is 1.90 bits per heavy atom. The van der Waals surface area contributed by atoms with Gasteiger partial charge in [0.15, 0.2) is 11.5 Å². The summed E-state index contributed by atoms with van der Waals surface area (Å²) in [6.45, 7) is 7.13. The second-order valence-corrected chi connectivity index (χ2v) is 11.3. The highest BCUT2D eigenvalue weighted by atomic mass is 35.5. The summed E-state index contributed by atoms with van der Waals surface area (Å²) in [5.41, 5.74) is 4.18. The van der Waals surface area contributed by atoms with E-state index in [2.05, 4.69) is 22.0 Å². The number of morpholine rings is 1. The molecular formula is C32H36ClN3O5. The zero-order chi connectivity index (χ0) is 28.3. The summed E-state index contributed by atoms with van der Waals surface area (Å²) in [5, 5.41) is 2.15. The Morgan fingerprint density at radius 3 is 2.68 bits per heavy atom. The van der Waals surface area contributed by atoms with Crippen LogP contribution in [0.15, 0.2) is 42.5 Å². The highest BCUT2D eigenvalue weighted by molar-refractivity contribution is 6.24. The van der Waals surface area contributed by atoms with Crippen molar-refractivity contribution in [3.63, 3.8) is 0 Å². The molecule has 1 amide bonds. The number of H-pyrrole nitrogens is 1. The maximum atomic E-state index is 13.7. The number of aromatic nitrogens is 1. The maximum absolute atomic E-state index is 13.7. The Morgan fingerprint density at radius 1 is 1.10 bits per heavy atom. The minimum Gasteiger partial charge on any atom is -0.493 e. The van der Waals surface area contributed by atoms with Gasteiger partial charge in [-0.2, -0.15) is 0 Å². The Bertz CT molecular complexity index is 1510. The average molecular weight is 578 g/mol. The van der Waals surface area contributed by atoms with Gasteiger partial charge in [0.05, 0.1) is 25.7 Å². The molecule has 1 saturated heterocycles. The number of benzene rings is 2. The van der Waals surface area contributed by atoms with Gasteiger partial charge in [-0.25, -0.2) is 4.79 Å². The fraction of sp³-hybridized carbons (Fsp3) is 0.406. The lowest BCUT2D eigenvalue weighted by atomic mass is 9.92.